The van der Waals surface area contributed by atoms with Gasteiger partial charge in [-0.3, -0.25) is 0 Å². The second kappa shape index (κ2) is 6.44. The van der Waals surface area contributed by atoms with E-state index in [4.69, 9.17) is 0 Å². The molecule has 1 rings (SSSR count). The van der Waals surface area contributed by atoms with Crippen molar-refractivity contribution in [3.05, 3.63) is 5.82 Å². The highest BCUT2D eigenvalue weighted by atomic mass is 32.2. The third kappa shape index (κ3) is 5.12. The van der Waals surface area contributed by atoms with Crippen molar-refractivity contribution in [2.45, 2.75) is 32.5 Å². The Morgan fingerprint density at radius 3 is 2.71 bits per heavy atom. The standard InChI is InChI=1S/C9H14F3N3S2/c1-3-16-5-4-6(2)13-8-14-7(15-17-8)9(10,11)12/h6H,3-5H2,1-2H3,(H,13,14,15). The molecule has 0 saturated carbocycles. The van der Waals surface area contributed by atoms with Crippen LogP contribution in [0, 0.1) is 0 Å². The number of halogens is 3. The second-order valence-corrected chi connectivity index (χ2v) is 5.60. The quantitative estimate of drug-likeness (QED) is 0.812. The molecular weight excluding hydrogens is 271 g/mol. The molecule has 0 spiro atoms. The molecule has 1 unspecified atom stereocenters. The van der Waals surface area contributed by atoms with E-state index in [0.29, 0.717) is 0 Å². The highest BCUT2D eigenvalue weighted by molar-refractivity contribution is 7.99. The molecule has 3 nitrogen and oxygen atoms in total. The van der Waals surface area contributed by atoms with E-state index in [-0.39, 0.29) is 11.2 Å². The van der Waals surface area contributed by atoms with Gasteiger partial charge in [0.05, 0.1) is 0 Å². The molecule has 1 N–H and O–H groups in total. The first-order valence-corrected chi connectivity index (χ1v) is 7.11. The molecule has 0 fully saturated rings. The maximum Gasteiger partial charge on any atom is 0.452 e. The van der Waals surface area contributed by atoms with Gasteiger partial charge in [-0.15, -0.1) is 0 Å². The summed E-state index contributed by atoms with van der Waals surface area (Å²) in [6, 6.07) is 0.100. The van der Waals surface area contributed by atoms with Crippen LogP contribution in [0.2, 0.25) is 0 Å². The lowest BCUT2D eigenvalue weighted by Crippen LogP contribution is -2.16. The summed E-state index contributed by atoms with van der Waals surface area (Å²) in [4.78, 5) is 3.41. The summed E-state index contributed by atoms with van der Waals surface area (Å²) in [5.74, 6) is 0.958. The van der Waals surface area contributed by atoms with Crippen LogP contribution in [0.5, 0.6) is 0 Å². The lowest BCUT2D eigenvalue weighted by molar-refractivity contribution is -0.144. The Kier molecular flexibility index (Phi) is 5.51. The van der Waals surface area contributed by atoms with Gasteiger partial charge in [0.15, 0.2) is 0 Å². The summed E-state index contributed by atoms with van der Waals surface area (Å²) in [5, 5.41) is 3.15. The first-order chi connectivity index (χ1) is 7.93. The van der Waals surface area contributed by atoms with Gasteiger partial charge in [0.1, 0.15) is 0 Å². The van der Waals surface area contributed by atoms with Crippen molar-refractivity contribution in [3.63, 3.8) is 0 Å². The fourth-order valence-corrected chi connectivity index (χ4v) is 2.59. The van der Waals surface area contributed by atoms with Gasteiger partial charge in [-0.2, -0.15) is 34.3 Å². The van der Waals surface area contributed by atoms with Crippen molar-refractivity contribution in [3.8, 4) is 0 Å². The molecule has 0 aromatic carbocycles. The van der Waals surface area contributed by atoms with Gasteiger partial charge in [-0.05, 0) is 24.9 Å². The normalized spacial score (nSPS) is 13.7. The number of thioether (sulfide) groups is 1. The second-order valence-electron chi connectivity index (χ2n) is 3.45. The zero-order chi connectivity index (χ0) is 12.9. The monoisotopic (exact) mass is 285 g/mol. The average molecular weight is 285 g/mol. The molecule has 1 atom stereocenters. The highest BCUT2D eigenvalue weighted by Crippen LogP contribution is 2.29. The summed E-state index contributed by atoms with van der Waals surface area (Å²) < 4.78 is 40.0. The number of alkyl halides is 3. The Hall–Kier alpha value is -0.500. The van der Waals surface area contributed by atoms with Crippen LogP contribution in [-0.2, 0) is 6.18 Å². The van der Waals surface area contributed by atoms with Gasteiger partial charge in [-0.1, -0.05) is 6.92 Å². The van der Waals surface area contributed by atoms with Gasteiger partial charge in [0.2, 0.25) is 11.0 Å². The van der Waals surface area contributed by atoms with Crippen molar-refractivity contribution in [2.24, 2.45) is 0 Å². The molecule has 8 heteroatoms. The molecule has 0 radical (unpaired) electrons. The molecule has 1 aromatic rings. The summed E-state index contributed by atoms with van der Waals surface area (Å²) in [5.41, 5.74) is 0. The van der Waals surface area contributed by atoms with E-state index in [9.17, 15) is 13.2 Å². The predicted octanol–water partition coefficient (Wildman–Crippen LogP) is 3.50. The third-order valence-electron chi connectivity index (χ3n) is 1.95. The van der Waals surface area contributed by atoms with Crippen LogP contribution in [0.15, 0.2) is 0 Å². The topological polar surface area (TPSA) is 37.8 Å². The van der Waals surface area contributed by atoms with E-state index in [0.717, 1.165) is 29.5 Å². The molecule has 1 heterocycles. The molecule has 0 saturated heterocycles. The number of hydrogen-bond donors (Lipinski definition) is 1. The minimum atomic E-state index is -4.46. The van der Waals surface area contributed by atoms with E-state index in [1.165, 1.54) is 0 Å². The van der Waals surface area contributed by atoms with Crippen molar-refractivity contribution in [2.75, 3.05) is 16.8 Å². The van der Waals surface area contributed by atoms with E-state index in [2.05, 4.69) is 21.6 Å². The van der Waals surface area contributed by atoms with Crippen molar-refractivity contribution < 1.29 is 13.2 Å². The molecule has 0 amide bonds. The summed E-state index contributed by atoms with van der Waals surface area (Å²) in [6.07, 6.45) is -3.57. The smallest absolute Gasteiger partial charge is 0.358 e. The molecule has 0 aliphatic carbocycles. The predicted molar refractivity (Wildman–Crippen MR) is 65.6 cm³/mol. The molecule has 17 heavy (non-hydrogen) atoms. The van der Waals surface area contributed by atoms with Crippen LogP contribution >= 0.6 is 23.3 Å². The fraction of sp³-hybridized carbons (Fsp3) is 0.778. The van der Waals surface area contributed by atoms with E-state index >= 15 is 0 Å². The largest absolute Gasteiger partial charge is 0.452 e. The molecular formula is C9H14F3N3S2. The van der Waals surface area contributed by atoms with Crippen molar-refractivity contribution in [1.29, 1.82) is 0 Å². The first-order valence-electron chi connectivity index (χ1n) is 5.18. The number of aromatic nitrogens is 2. The van der Waals surface area contributed by atoms with Gasteiger partial charge in [0, 0.05) is 17.6 Å². The lowest BCUT2D eigenvalue weighted by Gasteiger charge is -2.11. The minimum absolute atomic E-state index is 0.100. The van der Waals surface area contributed by atoms with Crippen molar-refractivity contribution >= 4 is 28.4 Å². The molecule has 1 aromatic heterocycles. The Morgan fingerprint density at radius 2 is 2.18 bits per heavy atom. The fourth-order valence-electron chi connectivity index (χ4n) is 1.08. The SMILES string of the molecule is CCSCCC(C)Nc1nc(C(F)(F)F)ns1. The minimum Gasteiger partial charge on any atom is -0.358 e. The Morgan fingerprint density at radius 1 is 1.47 bits per heavy atom. The van der Waals surface area contributed by atoms with E-state index in [1.807, 2.05) is 6.92 Å². The average Bonchev–Trinajstić information content (AvgIpc) is 2.66. The zero-order valence-electron chi connectivity index (χ0n) is 9.54. The van der Waals surface area contributed by atoms with Crippen LogP contribution in [-0.4, -0.2) is 26.9 Å². The van der Waals surface area contributed by atoms with Crippen molar-refractivity contribution in [1.82, 2.24) is 9.36 Å². The van der Waals surface area contributed by atoms with Gasteiger partial charge in [0.25, 0.3) is 0 Å². The first kappa shape index (κ1) is 14.6. The zero-order valence-corrected chi connectivity index (χ0v) is 11.2. The van der Waals surface area contributed by atoms with Gasteiger partial charge >= 0.3 is 6.18 Å². The Bertz CT molecular complexity index is 340. The molecule has 0 bridgehead atoms. The molecule has 98 valence electrons. The Labute approximate surface area is 106 Å². The summed E-state index contributed by atoms with van der Waals surface area (Å²) in [6.45, 7) is 3.99. The number of rotatable bonds is 6. The summed E-state index contributed by atoms with van der Waals surface area (Å²) >= 11 is 2.55. The molecule has 0 aliphatic heterocycles. The summed E-state index contributed by atoms with van der Waals surface area (Å²) in [7, 11) is 0. The third-order valence-corrected chi connectivity index (χ3v) is 3.53. The highest BCUT2D eigenvalue weighted by Gasteiger charge is 2.36. The van der Waals surface area contributed by atoms with Crippen LogP contribution in [0.25, 0.3) is 0 Å². The van der Waals surface area contributed by atoms with Crippen LogP contribution in [0.1, 0.15) is 26.1 Å². The maximum atomic E-state index is 12.2. The van der Waals surface area contributed by atoms with Crippen LogP contribution in [0.4, 0.5) is 18.3 Å². The number of anilines is 1. The van der Waals surface area contributed by atoms with Crippen LogP contribution in [0.3, 0.4) is 0 Å². The van der Waals surface area contributed by atoms with Crippen LogP contribution < -0.4 is 5.32 Å². The van der Waals surface area contributed by atoms with E-state index in [1.54, 1.807) is 11.8 Å². The number of nitrogens with one attached hydrogen (secondary N) is 1. The van der Waals surface area contributed by atoms with Gasteiger partial charge < -0.3 is 5.32 Å². The molecule has 0 aliphatic rings. The maximum absolute atomic E-state index is 12.2. The van der Waals surface area contributed by atoms with Gasteiger partial charge in [-0.25, -0.2) is 0 Å². The lowest BCUT2D eigenvalue weighted by atomic mass is 10.3. The number of hydrogen-bond acceptors (Lipinski definition) is 5. The Balaban J connectivity index is 2.43. The van der Waals surface area contributed by atoms with E-state index < -0.39 is 12.0 Å². The number of nitrogens with zero attached hydrogens (tertiary/aromatic N) is 2.